The number of rotatable bonds is 7. The number of methoxy groups -OCH3 is 2. The number of ether oxygens (including phenoxy) is 2. The Balaban J connectivity index is 1.62. The van der Waals surface area contributed by atoms with Crippen LogP contribution in [-0.2, 0) is 32.7 Å². The van der Waals surface area contributed by atoms with Gasteiger partial charge in [-0.2, -0.15) is 13.2 Å². The maximum atomic E-state index is 13.1. The first kappa shape index (κ1) is 27.9. The van der Waals surface area contributed by atoms with Crippen molar-refractivity contribution in [3.05, 3.63) is 52.8 Å². The molecule has 3 aromatic heterocycles. The van der Waals surface area contributed by atoms with Gasteiger partial charge in [-0.05, 0) is 54.5 Å². The van der Waals surface area contributed by atoms with E-state index in [1.165, 1.54) is 25.6 Å². The SMILES string of the molecule is COCc1cc(Nc2cc(C(F)(F)F)ccn2)nc(-c2cnc([C@@]3(O)CC[C@H](C(=O)OC)C(C)(C)C3)s2)c1. The number of carbonyl (C=O) groups is 1. The lowest BCUT2D eigenvalue weighted by Crippen LogP contribution is -2.45. The fraction of sp³-hybridized carbons (Fsp3) is 0.462. The first-order valence-corrected chi connectivity index (χ1v) is 12.7. The molecular weight excluding hydrogens is 521 g/mol. The summed E-state index contributed by atoms with van der Waals surface area (Å²) in [4.78, 5) is 25.9. The van der Waals surface area contributed by atoms with E-state index in [9.17, 15) is 23.1 Å². The number of hydrogen-bond acceptors (Lipinski definition) is 9. The molecule has 2 N–H and O–H groups in total. The highest BCUT2D eigenvalue weighted by Crippen LogP contribution is 2.51. The monoisotopic (exact) mass is 550 g/mol. The van der Waals surface area contributed by atoms with E-state index in [1.54, 1.807) is 18.3 Å². The topological polar surface area (TPSA) is 106 Å². The van der Waals surface area contributed by atoms with Crippen molar-refractivity contribution < 1.29 is 32.5 Å². The van der Waals surface area contributed by atoms with E-state index >= 15 is 0 Å². The quantitative estimate of drug-likeness (QED) is 0.361. The summed E-state index contributed by atoms with van der Waals surface area (Å²) in [6, 6.07) is 5.28. The summed E-state index contributed by atoms with van der Waals surface area (Å²) in [7, 11) is 2.90. The van der Waals surface area contributed by atoms with Gasteiger partial charge < -0.3 is 19.9 Å². The van der Waals surface area contributed by atoms with Crippen LogP contribution < -0.4 is 5.32 Å². The predicted octanol–water partition coefficient (Wildman–Crippen LogP) is 5.70. The number of pyridine rings is 2. The number of aliphatic hydroxyl groups is 1. The van der Waals surface area contributed by atoms with Crippen LogP contribution in [0.5, 0.6) is 0 Å². The molecule has 12 heteroatoms. The van der Waals surface area contributed by atoms with Crippen LogP contribution in [0.4, 0.5) is 24.8 Å². The van der Waals surface area contributed by atoms with Crippen molar-refractivity contribution in [3.63, 3.8) is 0 Å². The fourth-order valence-corrected chi connectivity index (χ4v) is 5.93. The van der Waals surface area contributed by atoms with Gasteiger partial charge in [-0.15, -0.1) is 11.3 Å². The summed E-state index contributed by atoms with van der Waals surface area (Å²) < 4.78 is 49.6. The number of carbonyl (C=O) groups excluding carboxylic acids is 1. The summed E-state index contributed by atoms with van der Waals surface area (Å²) in [6.07, 6.45) is -0.656. The summed E-state index contributed by atoms with van der Waals surface area (Å²) in [5, 5.41) is 14.9. The van der Waals surface area contributed by atoms with E-state index in [1.807, 2.05) is 13.8 Å². The minimum atomic E-state index is -4.50. The molecule has 0 saturated heterocycles. The van der Waals surface area contributed by atoms with Crippen molar-refractivity contribution in [3.8, 4) is 10.6 Å². The molecule has 3 heterocycles. The van der Waals surface area contributed by atoms with E-state index in [4.69, 9.17) is 9.47 Å². The van der Waals surface area contributed by atoms with Crippen molar-refractivity contribution in [2.45, 2.75) is 51.5 Å². The number of hydrogen-bond donors (Lipinski definition) is 2. The van der Waals surface area contributed by atoms with Gasteiger partial charge in [-0.25, -0.2) is 15.0 Å². The van der Waals surface area contributed by atoms with E-state index in [0.717, 1.165) is 23.9 Å². The third-order valence-corrected chi connectivity index (χ3v) is 7.93. The average Bonchev–Trinajstić information content (AvgIpc) is 3.34. The Morgan fingerprint density at radius 3 is 2.63 bits per heavy atom. The Labute approximate surface area is 222 Å². The van der Waals surface area contributed by atoms with Gasteiger partial charge in [0.2, 0.25) is 0 Å². The van der Waals surface area contributed by atoms with Gasteiger partial charge in [0.05, 0.1) is 35.8 Å². The standard InChI is InChI=1S/C26H29F3N4O4S/c1-24(2)14-25(35,7-5-17(24)22(34)37-4)23-31-12-19(38-23)18-9-15(13-36-3)10-21(32-18)33-20-11-16(6-8-30-20)26(27,28)29/h6,8-12,17,35H,5,7,13-14H2,1-4H3,(H,30,32,33)/t17-,25-/m1/s1. The van der Waals surface area contributed by atoms with Crippen LogP contribution in [0.2, 0.25) is 0 Å². The maximum Gasteiger partial charge on any atom is 0.416 e. The molecule has 8 nitrogen and oxygen atoms in total. The molecule has 2 atom stereocenters. The molecule has 0 amide bonds. The zero-order valence-electron chi connectivity index (χ0n) is 21.4. The number of nitrogens with zero attached hydrogens (tertiary/aromatic N) is 3. The van der Waals surface area contributed by atoms with Gasteiger partial charge in [0.25, 0.3) is 0 Å². The molecule has 38 heavy (non-hydrogen) atoms. The molecule has 1 saturated carbocycles. The smallest absolute Gasteiger partial charge is 0.416 e. The molecule has 0 radical (unpaired) electrons. The van der Waals surface area contributed by atoms with Crippen LogP contribution in [0, 0.1) is 11.3 Å². The minimum absolute atomic E-state index is 0.00302. The van der Waals surface area contributed by atoms with Crippen LogP contribution in [0.15, 0.2) is 36.7 Å². The Morgan fingerprint density at radius 2 is 1.97 bits per heavy atom. The number of esters is 1. The highest BCUT2D eigenvalue weighted by molar-refractivity contribution is 7.15. The van der Waals surface area contributed by atoms with Crippen LogP contribution in [0.1, 0.15) is 49.2 Å². The van der Waals surface area contributed by atoms with Crippen LogP contribution >= 0.6 is 11.3 Å². The number of nitrogens with one attached hydrogen (secondary N) is 1. The minimum Gasteiger partial charge on any atom is -0.469 e. The van der Waals surface area contributed by atoms with Gasteiger partial charge in [-0.1, -0.05) is 13.8 Å². The lowest BCUT2D eigenvalue weighted by atomic mass is 9.63. The van der Waals surface area contributed by atoms with Crippen molar-refractivity contribution >= 4 is 28.9 Å². The third-order valence-electron chi connectivity index (χ3n) is 6.72. The largest absolute Gasteiger partial charge is 0.469 e. The normalized spacial score (nSPS) is 21.2. The Bertz CT molecular complexity index is 1310. The molecule has 0 aromatic carbocycles. The van der Waals surface area contributed by atoms with Gasteiger partial charge in [0, 0.05) is 19.5 Å². The van der Waals surface area contributed by atoms with E-state index in [-0.39, 0.29) is 30.1 Å². The Hall–Kier alpha value is -3.09. The second-order valence-corrected chi connectivity index (χ2v) is 11.1. The molecule has 0 spiro atoms. The highest BCUT2D eigenvalue weighted by atomic mass is 32.1. The molecular formula is C26H29F3N4O4S. The summed E-state index contributed by atoms with van der Waals surface area (Å²) in [5.74, 6) is -0.324. The van der Waals surface area contributed by atoms with Gasteiger partial charge in [-0.3, -0.25) is 4.79 Å². The fourth-order valence-electron chi connectivity index (χ4n) is 4.94. The Kier molecular flexibility index (Phi) is 7.78. The predicted molar refractivity (Wildman–Crippen MR) is 136 cm³/mol. The van der Waals surface area contributed by atoms with Crippen molar-refractivity contribution in [2.24, 2.45) is 11.3 Å². The van der Waals surface area contributed by atoms with Gasteiger partial charge >= 0.3 is 12.1 Å². The number of alkyl halides is 3. The molecule has 1 fully saturated rings. The Morgan fingerprint density at radius 1 is 1.21 bits per heavy atom. The second kappa shape index (κ2) is 10.6. The number of thiazole rings is 1. The lowest BCUT2D eigenvalue weighted by molar-refractivity contribution is -0.157. The van der Waals surface area contributed by atoms with Crippen molar-refractivity contribution in [1.82, 2.24) is 15.0 Å². The van der Waals surface area contributed by atoms with Crippen molar-refractivity contribution in [2.75, 3.05) is 19.5 Å². The number of aromatic nitrogens is 3. The summed E-state index contributed by atoms with van der Waals surface area (Å²) in [6.45, 7) is 4.12. The second-order valence-electron chi connectivity index (χ2n) is 10.1. The molecule has 0 aliphatic heterocycles. The zero-order chi connectivity index (χ0) is 27.7. The van der Waals surface area contributed by atoms with Crippen LogP contribution in [0.25, 0.3) is 10.6 Å². The molecule has 1 aliphatic rings. The molecule has 0 bridgehead atoms. The third kappa shape index (κ3) is 5.97. The number of anilines is 2. The summed E-state index contributed by atoms with van der Waals surface area (Å²) >= 11 is 1.28. The molecule has 3 aromatic rings. The van der Waals surface area contributed by atoms with Gasteiger partial charge in [0.1, 0.15) is 22.2 Å². The van der Waals surface area contributed by atoms with E-state index in [0.29, 0.717) is 34.8 Å². The molecule has 0 unspecified atom stereocenters. The van der Waals surface area contributed by atoms with Crippen LogP contribution in [0.3, 0.4) is 0 Å². The highest BCUT2D eigenvalue weighted by Gasteiger charge is 2.49. The first-order chi connectivity index (χ1) is 17.8. The average molecular weight is 551 g/mol. The summed E-state index contributed by atoms with van der Waals surface area (Å²) in [5.41, 5.74) is -1.29. The first-order valence-electron chi connectivity index (χ1n) is 11.9. The molecule has 204 valence electrons. The van der Waals surface area contributed by atoms with E-state index in [2.05, 4.69) is 20.3 Å². The van der Waals surface area contributed by atoms with Crippen molar-refractivity contribution in [1.29, 1.82) is 0 Å². The molecule has 1 aliphatic carbocycles. The molecule has 4 rings (SSSR count). The maximum absolute atomic E-state index is 13.1. The van der Waals surface area contributed by atoms with Gasteiger partial charge in [0.15, 0.2) is 0 Å². The lowest BCUT2D eigenvalue weighted by Gasteiger charge is -2.44. The zero-order valence-corrected chi connectivity index (χ0v) is 22.2. The van der Waals surface area contributed by atoms with Crippen LogP contribution in [-0.4, -0.2) is 40.2 Å². The number of halogens is 3. The van der Waals surface area contributed by atoms with E-state index < -0.39 is 22.8 Å².